The molecule has 5 nitrogen and oxygen atoms in total. The van der Waals surface area contributed by atoms with Crippen LogP contribution in [-0.2, 0) is 0 Å². The summed E-state index contributed by atoms with van der Waals surface area (Å²) in [6.07, 6.45) is 11.7. The molecule has 7 heteroatoms. The lowest BCUT2D eigenvalue weighted by Crippen LogP contribution is -2.54. The molecule has 0 amide bonds. The summed E-state index contributed by atoms with van der Waals surface area (Å²) in [5.74, 6) is 4.84. The van der Waals surface area contributed by atoms with Crippen molar-refractivity contribution in [3.8, 4) is 0 Å². The van der Waals surface area contributed by atoms with E-state index in [-0.39, 0.29) is 6.04 Å². The minimum absolute atomic E-state index is 0.178. The Balaban J connectivity index is 0.00000124. The Labute approximate surface area is 249 Å². The summed E-state index contributed by atoms with van der Waals surface area (Å²) in [4.78, 5) is 10.5. The topological polar surface area (TPSA) is 25.1 Å². The molecule has 0 saturated carbocycles. The second-order valence-corrected chi connectivity index (χ2v) is 13.6. The number of allylic oxidation sites excluding steroid dienone is 5. The van der Waals surface area contributed by atoms with Crippen LogP contribution in [0.1, 0.15) is 68.2 Å². The highest BCUT2D eigenvalue weighted by atomic mass is 35.5. The van der Waals surface area contributed by atoms with E-state index in [9.17, 15) is 0 Å². The van der Waals surface area contributed by atoms with Crippen molar-refractivity contribution in [2.45, 2.75) is 74.3 Å². The maximum absolute atomic E-state index is 5.63. The van der Waals surface area contributed by atoms with Gasteiger partial charge in [-0.05, 0) is 76.8 Å². The summed E-state index contributed by atoms with van der Waals surface area (Å²) < 4.78 is 3.37. The van der Waals surface area contributed by atoms with Crippen LogP contribution in [0, 0.1) is 29.6 Å². The van der Waals surface area contributed by atoms with Crippen LogP contribution in [0.4, 0.5) is 0 Å². The summed E-state index contributed by atoms with van der Waals surface area (Å²) in [7, 11) is 8.27. The molecule has 0 bridgehead atoms. The van der Waals surface area contributed by atoms with Gasteiger partial charge in [-0.15, -0.1) is 3.94 Å². The van der Waals surface area contributed by atoms with E-state index in [1.165, 1.54) is 29.7 Å². The van der Waals surface area contributed by atoms with E-state index >= 15 is 0 Å². The van der Waals surface area contributed by atoms with Gasteiger partial charge in [0.05, 0.1) is 26.7 Å². The van der Waals surface area contributed by atoms with Crippen LogP contribution in [0.2, 0.25) is 0 Å². The molecule has 0 aromatic heterocycles. The van der Waals surface area contributed by atoms with E-state index in [2.05, 4.69) is 115 Å². The van der Waals surface area contributed by atoms with Gasteiger partial charge in [-0.1, -0.05) is 79.7 Å². The van der Waals surface area contributed by atoms with Crippen molar-refractivity contribution in [2.75, 3.05) is 41.3 Å². The van der Waals surface area contributed by atoms with Crippen molar-refractivity contribution in [3.05, 3.63) is 46.7 Å². The number of nitrogens with zero attached hydrogens (tertiary/aromatic N) is 5. The van der Waals surface area contributed by atoms with Crippen molar-refractivity contribution in [1.29, 1.82) is 0 Å². The van der Waals surface area contributed by atoms with E-state index in [0.717, 1.165) is 35.7 Å². The molecule has 3 aliphatic rings. The van der Waals surface area contributed by atoms with Crippen molar-refractivity contribution in [1.82, 2.24) is 13.7 Å². The number of aliphatic imine (C=N–C) groups is 1. The third-order valence-corrected chi connectivity index (χ3v) is 8.05. The van der Waals surface area contributed by atoms with Gasteiger partial charge in [0.1, 0.15) is 12.2 Å². The molecule has 220 valence electrons. The quantitative estimate of drug-likeness (QED) is 0.239. The Bertz CT molecular complexity index is 1020. The summed E-state index contributed by atoms with van der Waals surface area (Å²) >= 11 is 9.75. The van der Waals surface area contributed by atoms with E-state index in [4.69, 9.17) is 28.5 Å². The van der Waals surface area contributed by atoms with Gasteiger partial charge in [-0.3, -0.25) is 9.57 Å². The number of hydrogen-bond acceptors (Lipinski definition) is 3. The zero-order chi connectivity index (χ0) is 29.6. The molecular weight excluding hydrogens is 525 g/mol. The van der Waals surface area contributed by atoms with E-state index in [1.54, 1.807) is 5.57 Å². The Morgan fingerprint density at radius 2 is 1.62 bits per heavy atom. The number of hydrogen-bond donors (Lipinski definition) is 0. The molecule has 3 rings (SSSR count). The largest absolute Gasteiger partial charge is 0.349 e. The Morgan fingerprint density at radius 3 is 2.13 bits per heavy atom. The van der Waals surface area contributed by atoms with Crippen LogP contribution in [0.15, 0.2) is 51.7 Å². The molecular formula is C32H54Cl2N5+. The van der Waals surface area contributed by atoms with E-state index in [1.807, 2.05) is 0 Å². The number of halogens is 2. The molecule has 2 atom stereocenters. The van der Waals surface area contributed by atoms with Crippen LogP contribution >= 0.6 is 23.6 Å². The number of rotatable bonds is 6. The van der Waals surface area contributed by atoms with Crippen molar-refractivity contribution in [2.24, 2.45) is 34.6 Å². The zero-order valence-electron chi connectivity index (χ0n) is 26.6. The summed E-state index contributed by atoms with van der Waals surface area (Å²) in [6, 6.07) is 0.178. The normalized spacial score (nSPS) is 23.4. The van der Waals surface area contributed by atoms with Crippen LogP contribution in [0.3, 0.4) is 0 Å². The van der Waals surface area contributed by atoms with Crippen molar-refractivity contribution < 1.29 is 4.58 Å². The minimum Gasteiger partial charge on any atom is -0.349 e. The molecule has 2 unspecified atom stereocenters. The van der Waals surface area contributed by atoms with Gasteiger partial charge in [-0.2, -0.15) is 0 Å². The van der Waals surface area contributed by atoms with Crippen molar-refractivity contribution >= 4 is 35.2 Å². The first-order valence-electron chi connectivity index (χ1n) is 14.7. The first kappa shape index (κ1) is 33.6. The third-order valence-electron chi connectivity index (χ3n) is 8.05. The Morgan fingerprint density at radius 1 is 1.00 bits per heavy atom. The van der Waals surface area contributed by atoms with Crippen LogP contribution in [0.25, 0.3) is 0 Å². The summed E-state index contributed by atoms with van der Waals surface area (Å²) in [5.41, 5.74) is 5.94. The van der Waals surface area contributed by atoms with Crippen LogP contribution < -0.4 is 0 Å². The van der Waals surface area contributed by atoms with E-state index < -0.39 is 0 Å². The van der Waals surface area contributed by atoms with Gasteiger partial charge < -0.3 is 4.90 Å². The van der Waals surface area contributed by atoms with Gasteiger partial charge >= 0.3 is 5.84 Å². The first-order chi connectivity index (χ1) is 18.2. The second-order valence-electron chi connectivity index (χ2n) is 12.4. The highest BCUT2D eigenvalue weighted by Gasteiger charge is 2.39. The molecule has 0 saturated heterocycles. The predicted molar refractivity (Wildman–Crippen MR) is 172 cm³/mol. The molecule has 0 fully saturated rings. The predicted octanol–water partition coefficient (Wildman–Crippen LogP) is 7.61. The lowest BCUT2D eigenvalue weighted by atomic mass is 9.78. The fourth-order valence-electron chi connectivity index (χ4n) is 5.92. The standard InChI is InChI=1S/C31H51N4.CH3Cl2N/c1-20(2)24-14-12-15-25(21(3)4)28(24)32-30-31(34(10)19-18-33(30)9)35(11)29-26(22(5)6)16-13-17-27(29)23(7)8;1-4(2)3/h12,14-16,20-24,28H,13,17-19H2,1-11H3;1H3/q+1;. The van der Waals surface area contributed by atoms with E-state index in [0.29, 0.717) is 29.6 Å². The molecule has 2 aliphatic carbocycles. The SMILES string of the molecule is CC(C)C1=CCCC(C(C)C)=C1N(C)C1=[N+](C)CCN(C)C1=NC1C(C(C)C)=CC=CC1C(C)C.CN(Cl)Cl. The average Bonchev–Trinajstić information content (AvgIpc) is 2.84. The lowest BCUT2D eigenvalue weighted by molar-refractivity contribution is -0.502. The number of amidine groups is 2. The van der Waals surface area contributed by atoms with Gasteiger partial charge in [0.15, 0.2) is 0 Å². The monoisotopic (exact) mass is 578 g/mol. The average molecular weight is 580 g/mol. The first-order valence-corrected chi connectivity index (χ1v) is 15.3. The summed E-state index contributed by atoms with van der Waals surface area (Å²) in [6.45, 7) is 20.7. The van der Waals surface area contributed by atoms with Crippen LogP contribution in [0.5, 0.6) is 0 Å². The maximum atomic E-state index is 5.63. The number of likely N-dealkylation sites (N-methyl/N-ethyl adjacent to an activating group) is 3. The molecule has 0 radical (unpaired) electrons. The minimum atomic E-state index is 0.178. The molecule has 1 aliphatic heterocycles. The highest BCUT2D eigenvalue weighted by molar-refractivity contribution is 6.38. The molecule has 0 aromatic rings. The smallest absolute Gasteiger partial charge is 0.319 e. The summed E-state index contributed by atoms with van der Waals surface area (Å²) in [5, 5.41) is 0. The van der Waals surface area contributed by atoms with Gasteiger partial charge in [-0.25, -0.2) is 4.90 Å². The molecule has 0 spiro atoms. The van der Waals surface area contributed by atoms with Crippen LogP contribution in [-0.4, -0.2) is 77.3 Å². The zero-order valence-corrected chi connectivity index (χ0v) is 28.1. The van der Waals surface area contributed by atoms with Gasteiger partial charge in [0, 0.05) is 20.0 Å². The fraction of sp³-hybridized carbons (Fsp3) is 0.688. The van der Waals surface area contributed by atoms with Crippen molar-refractivity contribution in [3.63, 3.8) is 0 Å². The molecule has 0 aromatic carbocycles. The third kappa shape index (κ3) is 8.47. The Kier molecular flexibility index (Phi) is 12.8. The Hall–Kier alpha value is -1.56. The highest BCUT2D eigenvalue weighted by Crippen LogP contribution is 2.37. The molecule has 0 N–H and O–H groups in total. The molecule has 1 heterocycles. The van der Waals surface area contributed by atoms with Gasteiger partial charge in [0.25, 0.3) is 0 Å². The lowest BCUT2D eigenvalue weighted by Gasteiger charge is -2.36. The fourth-order valence-corrected chi connectivity index (χ4v) is 5.92. The maximum Gasteiger partial charge on any atom is 0.319 e. The van der Waals surface area contributed by atoms with Gasteiger partial charge in [0.2, 0.25) is 5.84 Å². The second kappa shape index (κ2) is 14.9. The molecule has 39 heavy (non-hydrogen) atoms.